The van der Waals surface area contributed by atoms with Crippen LogP contribution in [-0.2, 0) is 17.8 Å². The van der Waals surface area contributed by atoms with Crippen LogP contribution in [0, 0.1) is 0 Å². The molecule has 1 aromatic carbocycles. The van der Waals surface area contributed by atoms with Gasteiger partial charge in [0.2, 0.25) is 0 Å². The standard InChI is InChI=1S/C19H24N4O2/c1-25-13-12-22-10-11-23(15-17-8-5-9-20-18(17)22)19(24)21-14-16-6-3-2-4-7-16/h2-9H,10-15H2,1H3,(H,21,24). The topological polar surface area (TPSA) is 57.7 Å². The number of benzene rings is 1. The van der Waals surface area contributed by atoms with Gasteiger partial charge in [0.05, 0.1) is 13.2 Å². The SMILES string of the molecule is COCCN1CCN(C(=O)NCc2ccccc2)Cc2cccnc21. The summed E-state index contributed by atoms with van der Waals surface area (Å²) in [7, 11) is 1.69. The Morgan fingerprint density at radius 2 is 2.04 bits per heavy atom. The number of rotatable bonds is 5. The monoisotopic (exact) mass is 340 g/mol. The number of amides is 2. The second-order valence-corrected chi connectivity index (χ2v) is 6.03. The van der Waals surface area contributed by atoms with Gasteiger partial charge in [-0.15, -0.1) is 0 Å². The maximum Gasteiger partial charge on any atom is 0.318 e. The van der Waals surface area contributed by atoms with Gasteiger partial charge in [0, 0.05) is 45.0 Å². The van der Waals surface area contributed by atoms with E-state index in [1.54, 1.807) is 13.3 Å². The Bertz CT molecular complexity index is 693. The predicted octanol–water partition coefficient (Wildman–Crippen LogP) is 2.26. The highest BCUT2D eigenvalue weighted by Crippen LogP contribution is 2.22. The van der Waals surface area contributed by atoms with Gasteiger partial charge in [-0.1, -0.05) is 36.4 Å². The van der Waals surface area contributed by atoms with E-state index in [0.29, 0.717) is 26.2 Å². The first-order chi connectivity index (χ1) is 12.3. The van der Waals surface area contributed by atoms with Gasteiger partial charge in [0.1, 0.15) is 5.82 Å². The molecule has 1 aromatic heterocycles. The third-order valence-corrected chi connectivity index (χ3v) is 4.31. The molecule has 0 unspecified atom stereocenters. The smallest absolute Gasteiger partial charge is 0.318 e. The molecule has 1 aliphatic heterocycles. The molecule has 6 nitrogen and oxygen atoms in total. The third kappa shape index (κ3) is 4.48. The maximum atomic E-state index is 12.6. The van der Waals surface area contributed by atoms with Gasteiger partial charge in [-0.05, 0) is 11.6 Å². The van der Waals surface area contributed by atoms with Gasteiger partial charge in [0.15, 0.2) is 0 Å². The number of anilines is 1. The van der Waals surface area contributed by atoms with Crippen molar-refractivity contribution in [3.63, 3.8) is 0 Å². The first-order valence-corrected chi connectivity index (χ1v) is 8.52. The molecular formula is C19H24N4O2. The molecule has 0 aliphatic carbocycles. The summed E-state index contributed by atoms with van der Waals surface area (Å²) in [5, 5.41) is 3.01. The fourth-order valence-corrected chi connectivity index (χ4v) is 2.95. The number of carbonyl (C=O) groups is 1. The zero-order valence-corrected chi connectivity index (χ0v) is 14.5. The Hall–Kier alpha value is -2.60. The summed E-state index contributed by atoms with van der Waals surface area (Å²) in [6, 6.07) is 13.8. The number of hydrogen-bond donors (Lipinski definition) is 1. The number of ether oxygens (including phenoxy) is 1. The van der Waals surface area contributed by atoms with Gasteiger partial charge in [-0.2, -0.15) is 0 Å². The number of fused-ring (bicyclic) bond motifs is 1. The van der Waals surface area contributed by atoms with Crippen molar-refractivity contribution in [3.8, 4) is 0 Å². The average molecular weight is 340 g/mol. The van der Waals surface area contributed by atoms with Crippen molar-refractivity contribution in [1.29, 1.82) is 0 Å². The van der Waals surface area contributed by atoms with Crippen LogP contribution < -0.4 is 10.2 Å². The molecule has 0 saturated carbocycles. The number of pyridine rings is 1. The lowest BCUT2D eigenvalue weighted by Crippen LogP contribution is -2.41. The van der Waals surface area contributed by atoms with Gasteiger partial charge >= 0.3 is 6.03 Å². The van der Waals surface area contributed by atoms with E-state index in [4.69, 9.17) is 4.74 Å². The van der Waals surface area contributed by atoms with Crippen molar-refractivity contribution in [3.05, 3.63) is 59.8 Å². The van der Waals surface area contributed by atoms with Crippen LogP contribution in [0.1, 0.15) is 11.1 Å². The summed E-state index contributed by atoms with van der Waals surface area (Å²) in [6.45, 7) is 3.89. The second kappa shape index (κ2) is 8.48. The quantitative estimate of drug-likeness (QED) is 0.907. The number of hydrogen-bond acceptors (Lipinski definition) is 4. The summed E-state index contributed by atoms with van der Waals surface area (Å²) in [5.41, 5.74) is 2.15. The fraction of sp³-hybridized carbons (Fsp3) is 0.368. The van der Waals surface area contributed by atoms with Crippen LogP contribution in [0.15, 0.2) is 48.7 Å². The van der Waals surface area contributed by atoms with Gasteiger partial charge < -0.3 is 19.9 Å². The van der Waals surface area contributed by atoms with E-state index in [1.807, 2.05) is 47.4 Å². The van der Waals surface area contributed by atoms with Crippen LogP contribution in [0.2, 0.25) is 0 Å². The molecule has 0 radical (unpaired) electrons. The number of aromatic nitrogens is 1. The maximum absolute atomic E-state index is 12.6. The average Bonchev–Trinajstić information content (AvgIpc) is 2.85. The zero-order valence-electron chi connectivity index (χ0n) is 14.5. The molecule has 25 heavy (non-hydrogen) atoms. The van der Waals surface area contributed by atoms with Crippen LogP contribution in [0.4, 0.5) is 10.6 Å². The molecule has 2 heterocycles. The number of nitrogens with one attached hydrogen (secondary N) is 1. The Labute approximate surface area is 148 Å². The lowest BCUT2D eigenvalue weighted by molar-refractivity contribution is 0.195. The highest BCUT2D eigenvalue weighted by Gasteiger charge is 2.23. The second-order valence-electron chi connectivity index (χ2n) is 6.03. The molecule has 3 rings (SSSR count). The van der Waals surface area contributed by atoms with E-state index in [0.717, 1.165) is 30.0 Å². The highest BCUT2D eigenvalue weighted by molar-refractivity contribution is 5.74. The molecule has 6 heteroatoms. The van der Waals surface area contributed by atoms with Crippen molar-refractivity contribution < 1.29 is 9.53 Å². The van der Waals surface area contributed by atoms with Crippen molar-refractivity contribution in [1.82, 2.24) is 15.2 Å². The number of methoxy groups -OCH3 is 1. The predicted molar refractivity (Wildman–Crippen MR) is 97.4 cm³/mol. The molecule has 132 valence electrons. The molecule has 0 saturated heterocycles. The van der Waals surface area contributed by atoms with Gasteiger partial charge in [-0.3, -0.25) is 0 Å². The van der Waals surface area contributed by atoms with Crippen LogP contribution in [0.5, 0.6) is 0 Å². The number of carbonyl (C=O) groups excluding carboxylic acids is 1. The number of nitrogens with zero attached hydrogens (tertiary/aromatic N) is 3. The van der Waals surface area contributed by atoms with E-state index in [-0.39, 0.29) is 6.03 Å². The van der Waals surface area contributed by atoms with Gasteiger partial charge in [0.25, 0.3) is 0 Å². The lowest BCUT2D eigenvalue weighted by Gasteiger charge is -2.23. The Morgan fingerprint density at radius 1 is 1.20 bits per heavy atom. The van der Waals surface area contributed by atoms with Crippen molar-refractivity contribution in [2.24, 2.45) is 0 Å². The van der Waals surface area contributed by atoms with Crippen LogP contribution >= 0.6 is 0 Å². The van der Waals surface area contributed by atoms with E-state index in [1.165, 1.54) is 0 Å². The lowest BCUT2D eigenvalue weighted by atomic mass is 10.2. The highest BCUT2D eigenvalue weighted by atomic mass is 16.5. The summed E-state index contributed by atoms with van der Waals surface area (Å²) in [5.74, 6) is 0.943. The Morgan fingerprint density at radius 3 is 2.84 bits per heavy atom. The Kier molecular flexibility index (Phi) is 5.85. The molecule has 0 spiro atoms. The van der Waals surface area contributed by atoms with Crippen LogP contribution in [-0.4, -0.2) is 49.3 Å². The largest absolute Gasteiger partial charge is 0.383 e. The van der Waals surface area contributed by atoms with Crippen LogP contribution in [0.3, 0.4) is 0 Å². The molecule has 0 atom stereocenters. The summed E-state index contributed by atoms with van der Waals surface area (Å²) >= 11 is 0. The minimum absolute atomic E-state index is 0.0488. The minimum Gasteiger partial charge on any atom is -0.383 e. The number of urea groups is 1. The molecule has 2 aromatic rings. The molecule has 1 N–H and O–H groups in total. The van der Waals surface area contributed by atoms with E-state index >= 15 is 0 Å². The fourth-order valence-electron chi connectivity index (χ4n) is 2.95. The van der Waals surface area contributed by atoms with E-state index < -0.39 is 0 Å². The summed E-state index contributed by atoms with van der Waals surface area (Å²) < 4.78 is 5.20. The minimum atomic E-state index is -0.0488. The first-order valence-electron chi connectivity index (χ1n) is 8.52. The van der Waals surface area contributed by atoms with Crippen LogP contribution in [0.25, 0.3) is 0 Å². The zero-order chi connectivity index (χ0) is 17.5. The Balaban J connectivity index is 1.67. The van der Waals surface area contributed by atoms with Crippen molar-refractivity contribution in [2.75, 3.05) is 38.3 Å². The van der Waals surface area contributed by atoms with Gasteiger partial charge in [-0.25, -0.2) is 9.78 Å². The molecular weight excluding hydrogens is 316 g/mol. The summed E-state index contributed by atoms with van der Waals surface area (Å²) in [4.78, 5) is 21.1. The normalized spacial score (nSPS) is 14.0. The van der Waals surface area contributed by atoms with E-state index in [9.17, 15) is 4.79 Å². The molecule has 0 fully saturated rings. The molecule has 1 aliphatic rings. The first kappa shape index (κ1) is 17.2. The van der Waals surface area contributed by atoms with Crippen molar-refractivity contribution >= 4 is 11.8 Å². The molecule has 0 bridgehead atoms. The molecule has 2 amide bonds. The summed E-state index contributed by atoms with van der Waals surface area (Å²) in [6.07, 6.45) is 1.80. The van der Waals surface area contributed by atoms with E-state index in [2.05, 4.69) is 15.2 Å². The third-order valence-electron chi connectivity index (χ3n) is 4.31. The van der Waals surface area contributed by atoms with Crippen molar-refractivity contribution in [2.45, 2.75) is 13.1 Å².